The van der Waals surface area contributed by atoms with Gasteiger partial charge in [-0.25, -0.2) is 0 Å². The summed E-state index contributed by atoms with van der Waals surface area (Å²) in [5.74, 6) is 0.300. The van der Waals surface area contributed by atoms with Gasteiger partial charge in [-0.15, -0.1) is 5.01 Å². The van der Waals surface area contributed by atoms with Gasteiger partial charge in [-0.3, -0.25) is 14.6 Å². The van der Waals surface area contributed by atoms with Crippen molar-refractivity contribution in [3.8, 4) is 0 Å². The summed E-state index contributed by atoms with van der Waals surface area (Å²) in [6.45, 7) is 2.74. The first-order chi connectivity index (χ1) is 6.86. The third-order valence-electron chi connectivity index (χ3n) is 2.32. The lowest BCUT2D eigenvalue weighted by molar-refractivity contribution is -0.761. The zero-order chi connectivity index (χ0) is 9.54. The summed E-state index contributed by atoms with van der Waals surface area (Å²) in [5.41, 5.74) is 0.493. The fourth-order valence-electron chi connectivity index (χ4n) is 1.57. The summed E-state index contributed by atoms with van der Waals surface area (Å²) in [4.78, 5) is 12.7. The Kier molecular flexibility index (Phi) is 1.48. The summed E-state index contributed by atoms with van der Waals surface area (Å²) < 4.78 is 10.1. The Balaban J connectivity index is 1.92. The summed E-state index contributed by atoms with van der Waals surface area (Å²) in [7, 11) is 0. The van der Waals surface area contributed by atoms with Gasteiger partial charge in [-0.1, -0.05) is 0 Å². The van der Waals surface area contributed by atoms with Crippen LogP contribution in [0.2, 0.25) is 0 Å². The van der Waals surface area contributed by atoms with E-state index in [1.807, 2.05) is 5.01 Å². The van der Waals surface area contributed by atoms with Crippen molar-refractivity contribution >= 4 is 11.8 Å². The Bertz CT molecular complexity index is 382. The molecule has 2 aliphatic heterocycles. The van der Waals surface area contributed by atoms with E-state index < -0.39 is 0 Å². The molecule has 0 spiro atoms. The number of amides is 1. The number of anilines is 1. The van der Waals surface area contributed by atoms with Crippen LogP contribution in [0.15, 0.2) is 4.52 Å². The van der Waals surface area contributed by atoms with Crippen LogP contribution in [-0.2, 0) is 4.74 Å². The van der Waals surface area contributed by atoms with Crippen LogP contribution in [-0.4, -0.2) is 37.5 Å². The van der Waals surface area contributed by atoms with Crippen molar-refractivity contribution in [3.05, 3.63) is 5.69 Å². The molecule has 74 valence electrons. The Morgan fingerprint density at radius 3 is 2.93 bits per heavy atom. The molecule has 0 bridgehead atoms. The zero-order valence-corrected chi connectivity index (χ0v) is 7.39. The van der Waals surface area contributed by atoms with E-state index in [9.17, 15) is 4.79 Å². The highest BCUT2D eigenvalue weighted by molar-refractivity contribution is 6.13. The number of carbonyl (C=O) groups is 1. The molecule has 2 aliphatic rings. The van der Waals surface area contributed by atoms with Crippen LogP contribution < -0.4 is 15.1 Å². The molecule has 3 rings (SSSR count). The number of ether oxygens (including phenoxy) is 1. The number of hydrogen-bond acceptors (Lipinski definition) is 5. The largest absolute Gasteiger partial charge is 0.396 e. The minimum atomic E-state index is -0.146. The molecular weight excluding hydrogens is 188 g/mol. The monoisotopic (exact) mass is 197 g/mol. The molecule has 1 aromatic rings. The molecule has 0 aromatic carbocycles. The minimum Gasteiger partial charge on any atom is -0.377 e. The Morgan fingerprint density at radius 1 is 1.43 bits per heavy atom. The van der Waals surface area contributed by atoms with Gasteiger partial charge in [0.05, 0.1) is 31.1 Å². The topological polar surface area (TPSA) is 71.5 Å². The predicted molar refractivity (Wildman–Crippen MR) is 43.4 cm³/mol. The SMILES string of the molecule is O=C1Nc2on[n+](N3CCOCC3)c21. The number of morpholine rings is 1. The molecule has 14 heavy (non-hydrogen) atoms. The second-order valence-electron chi connectivity index (χ2n) is 3.16. The number of hydrogen-bond donors (Lipinski definition) is 1. The lowest BCUT2D eigenvalue weighted by atomic mass is 10.3. The summed E-state index contributed by atoms with van der Waals surface area (Å²) in [6.07, 6.45) is 0. The average molecular weight is 197 g/mol. The van der Waals surface area contributed by atoms with Gasteiger partial charge in [-0.2, -0.15) is 0 Å². The first-order valence-corrected chi connectivity index (χ1v) is 4.42. The van der Waals surface area contributed by atoms with Gasteiger partial charge in [0.15, 0.2) is 0 Å². The Labute approximate surface area is 79.2 Å². The van der Waals surface area contributed by atoms with E-state index in [0.29, 0.717) is 24.8 Å². The van der Waals surface area contributed by atoms with E-state index in [4.69, 9.17) is 9.26 Å². The van der Waals surface area contributed by atoms with Crippen molar-refractivity contribution in [1.82, 2.24) is 5.27 Å². The van der Waals surface area contributed by atoms with Gasteiger partial charge in [0.1, 0.15) is 0 Å². The number of fused-ring (bicyclic) bond motifs is 1. The van der Waals surface area contributed by atoms with Crippen LogP contribution in [0, 0.1) is 0 Å². The van der Waals surface area contributed by atoms with Crippen molar-refractivity contribution in [2.24, 2.45) is 0 Å². The zero-order valence-electron chi connectivity index (χ0n) is 7.39. The van der Waals surface area contributed by atoms with Crippen LogP contribution in [0.3, 0.4) is 0 Å². The lowest BCUT2D eigenvalue weighted by Crippen LogP contribution is -2.66. The Hall–Kier alpha value is -1.63. The molecule has 1 N–H and O–H groups in total. The van der Waals surface area contributed by atoms with Crippen molar-refractivity contribution in [3.63, 3.8) is 0 Å². The maximum absolute atomic E-state index is 11.2. The number of nitrogens with one attached hydrogen (secondary N) is 1. The highest BCUT2D eigenvalue weighted by atomic mass is 16.5. The molecule has 0 atom stereocenters. The van der Waals surface area contributed by atoms with Crippen LogP contribution >= 0.6 is 0 Å². The molecular formula is C7H9N4O3+. The third-order valence-corrected chi connectivity index (χ3v) is 2.32. The van der Waals surface area contributed by atoms with Crippen molar-refractivity contribution in [2.45, 2.75) is 0 Å². The second-order valence-corrected chi connectivity index (χ2v) is 3.16. The van der Waals surface area contributed by atoms with Crippen LogP contribution in [0.1, 0.15) is 10.5 Å². The van der Waals surface area contributed by atoms with E-state index in [-0.39, 0.29) is 5.91 Å². The van der Waals surface area contributed by atoms with E-state index >= 15 is 0 Å². The van der Waals surface area contributed by atoms with Crippen LogP contribution in [0.25, 0.3) is 0 Å². The molecule has 1 amide bonds. The number of nitrogens with zero attached hydrogens (tertiary/aromatic N) is 3. The average Bonchev–Trinajstić information content (AvgIpc) is 2.56. The maximum Gasteiger partial charge on any atom is 0.396 e. The van der Waals surface area contributed by atoms with Gasteiger partial charge in [0.25, 0.3) is 0 Å². The molecule has 0 unspecified atom stereocenters. The lowest BCUT2D eigenvalue weighted by Gasteiger charge is -2.20. The molecule has 3 heterocycles. The third kappa shape index (κ3) is 0.925. The van der Waals surface area contributed by atoms with Crippen molar-refractivity contribution < 1.29 is 18.8 Å². The van der Waals surface area contributed by atoms with Gasteiger partial charge in [0.2, 0.25) is 5.27 Å². The minimum absolute atomic E-state index is 0.146. The molecule has 0 aliphatic carbocycles. The summed E-state index contributed by atoms with van der Waals surface area (Å²) in [6, 6.07) is 0. The molecule has 1 saturated heterocycles. The fraction of sp³-hybridized carbons (Fsp3) is 0.571. The van der Waals surface area contributed by atoms with Gasteiger partial charge in [0, 0.05) is 0 Å². The predicted octanol–water partition coefficient (Wildman–Crippen LogP) is -1.50. The quantitative estimate of drug-likeness (QED) is 0.554. The highest BCUT2D eigenvalue weighted by Gasteiger charge is 2.45. The second kappa shape index (κ2) is 2.68. The van der Waals surface area contributed by atoms with Crippen molar-refractivity contribution in [1.29, 1.82) is 0 Å². The molecule has 7 nitrogen and oxygen atoms in total. The number of rotatable bonds is 1. The normalized spacial score (nSPS) is 20.0. The standard InChI is InChI=1S/C7H8N4O3/c12-6-5-7(8-6)14-9-11(5)10-1-3-13-4-2-10/h1-4H2/p+1. The van der Waals surface area contributed by atoms with Gasteiger partial charge in [-0.05, 0) is 0 Å². The molecule has 0 saturated carbocycles. The van der Waals surface area contributed by atoms with E-state index in [1.54, 1.807) is 0 Å². The van der Waals surface area contributed by atoms with Gasteiger partial charge < -0.3 is 4.74 Å². The summed E-state index contributed by atoms with van der Waals surface area (Å²) in [5, 5.41) is 8.20. The summed E-state index contributed by atoms with van der Waals surface area (Å²) >= 11 is 0. The molecule has 1 aromatic heterocycles. The highest BCUT2D eigenvalue weighted by Crippen LogP contribution is 2.20. The van der Waals surface area contributed by atoms with E-state index in [0.717, 1.165) is 13.1 Å². The molecule has 7 heteroatoms. The maximum atomic E-state index is 11.2. The van der Waals surface area contributed by atoms with Crippen molar-refractivity contribution in [2.75, 3.05) is 36.6 Å². The smallest absolute Gasteiger partial charge is 0.377 e. The molecule has 0 radical (unpaired) electrons. The van der Waals surface area contributed by atoms with Crippen LogP contribution in [0.4, 0.5) is 5.88 Å². The fourth-order valence-corrected chi connectivity index (χ4v) is 1.57. The van der Waals surface area contributed by atoms with E-state index in [2.05, 4.69) is 10.6 Å². The van der Waals surface area contributed by atoms with Gasteiger partial charge >= 0.3 is 17.5 Å². The molecule has 1 fully saturated rings. The number of aromatic nitrogens is 2. The Morgan fingerprint density at radius 2 is 2.21 bits per heavy atom. The first kappa shape index (κ1) is 7.74. The first-order valence-electron chi connectivity index (χ1n) is 4.42. The van der Waals surface area contributed by atoms with E-state index in [1.165, 1.54) is 4.79 Å². The number of carbonyl (C=O) groups excluding carboxylic acids is 1. The van der Waals surface area contributed by atoms with Crippen LogP contribution in [0.5, 0.6) is 0 Å².